The van der Waals surface area contributed by atoms with E-state index in [9.17, 15) is 0 Å². The molecule has 1 saturated heterocycles. The predicted octanol–water partition coefficient (Wildman–Crippen LogP) is 3.51. The summed E-state index contributed by atoms with van der Waals surface area (Å²) in [6, 6.07) is 8.93. The first kappa shape index (κ1) is 23.2. The summed E-state index contributed by atoms with van der Waals surface area (Å²) in [5, 5.41) is 3.28. The summed E-state index contributed by atoms with van der Waals surface area (Å²) in [6.45, 7) is 12.8. The highest BCUT2D eigenvalue weighted by Crippen LogP contribution is 2.16. The van der Waals surface area contributed by atoms with Crippen LogP contribution in [0.15, 0.2) is 29.3 Å². The molecule has 148 valence electrons. The number of likely N-dealkylation sites (N-methyl/N-ethyl adjacent to an activating group) is 1. The van der Waals surface area contributed by atoms with E-state index in [1.807, 2.05) is 6.07 Å². The monoisotopic (exact) mass is 474 g/mol. The van der Waals surface area contributed by atoms with Crippen molar-refractivity contribution in [3.8, 4) is 0 Å². The molecule has 1 aliphatic heterocycles. The lowest BCUT2D eigenvalue weighted by molar-refractivity contribution is -0.0149. The molecule has 2 rings (SSSR count). The lowest BCUT2D eigenvalue weighted by atomic mass is 10.1. The van der Waals surface area contributed by atoms with E-state index in [1.54, 1.807) is 0 Å². The average Bonchev–Trinajstić information content (AvgIpc) is 3.03. The molecule has 1 aromatic rings. The van der Waals surface area contributed by atoms with Crippen LogP contribution in [0.1, 0.15) is 51.7 Å². The number of likely N-dealkylation sites (tertiary alicyclic amines) is 1. The summed E-state index contributed by atoms with van der Waals surface area (Å²) in [7, 11) is 0. The molecule has 0 saturated carbocycles. The molecule has 0 radical (unpaired) electrons. The fourth-order valence-electron chi connectivity index (χ4n) is 3.11. The normalized spacial score (nSPS) is 18.6. The zero-order chi connectivity index (χ0) is 18.3. The second-order valence-electron chi connectivity index (χ2n) is 7.73. The number of nitrogens with one attached hydrogen (secondary N) is 1. The Balaban J connectivity index is 0.00000338. The maximum Gasteiger partial charge on any atom is 0.188 e. The number of halogens is 1. The fourth-order valence-corrected chi connectivity index (χ4v) is 3.11. The number of nitrogens with zero attached hydrogens (tertiary/aromatic N) is 2. The van der Waals surface area contributed by atoms with Crippen molar-refractivity contribution in [2.75, 3.05) is 19.6 Å². The minimum absolute atomic E-state index is 0. The van der Waals surface area contributed by atoms with Gasteiger partial charge < -0.3 is 15.8 Å². The van der Waals surface area contributed by atoms with Crippen LogP contribution < -0.4 is 11.1 Å². The van der Waals surface area contributed by atoms with Crippen molar-refractivity contribution in [2.24, 2.45) is 10.7 Å². The molecule has 26 heavy (non-hydrogen) atoms. The van der Waals surface area contributed by atoms with E-state index in [0.717, 1.165) is 18.7 Å². The Hall–Kier alpha value is -0.860. The van der Waals surface area contributed by atoms with Gasteiger partial charge in [0.1, 0.15) is 0 Å². The van der Waals surface area contributed by atoms with Crippen molar-refractivity contribution in [2.45, 2.75) is 65.3 Å². The van der Waals surface area contributed by atoms with E-state index < -0.39 is 0 Å². The smallest absolute Gasteiger partial charge is 0.188 e. The number of guanidine groups is 1. The van der Waals surface area contributed by atoms with Gasteiger partial charge >= 0.3 is 0 Å². The summed E-state index contributed by atoms with van der Waals surface area (Å²) in [6.07, 6.45) is 2.52. The highest BCUT2D eigenvalue weighted by Gasteiger charge is 2.22. The second-order valence-corrected chi connectivity index (χ2v) is 7.73. The Morgan fingerprint density at radius 2 is 2.08 bits per heavy atom. The van der Waals surface area contributed by atoms with Crippen molar-refractivity contribution in [1.29, 1.82) is 0 Å². The van der Waals surface area contributed by atoms with Crippen LogP contribution in [0.5, 0.6) is 0 Å². The van der Waals surface area contributed by atoms with Gasteiger partial charge in [-0.3, -0.25) is 4.90 Å². The van der Waals surface area contributed by atoms with Crippen LogP contribution in [0.3, 0.4) is 0 Å². The summed E-state index contributed by atoms with van der Waals surface area (Å²) >= 11 is 0. The number of hydrogen-bond donors (Lipinski definition) is 2. The topological polar surface area (TPSA) is 62.9 Å². The molecule has 0 aromatic heterocycles. The largest absolute Gasteiger partial charge is 0.371 e. The molecule has 6 heteroatoms. The first-order valence-corrected chi connectivity index (χ1v) is 9.37. The van der Waals surface area contributed by atoms with Crippen LogP contribution in [-0.4, -0.2) is 42.1 Å². The second kappa shape index (κ2) is 11.1. The molecular weight excluding hydrogens is 439 g/mol. The molecule has 0 aliphatic carbocycles. The molecule has 1 heterocycles. The summed E-state index contributed by atoms with van der Waals surface area (Å²) in [4.78, 5) is 6.98. The van der Waals surface area contributed by atoms with E-state index in [-0.39, 0.29) is 29.6 Å². The quantitative estimate of drug-likeness (QED) is 0.361. The number of hydrogen-bond acceptors (Lipinski definition) is 3. The Morgan fingerprint density at radius 1 is 1.35 bits per heavy atom. The molecule has 1 unspecified atom stereocenters. The van der Waals surface area contributed by atoms with Gasteiger partial charge in [-0.25, -0.2) is 4.99 Å². The van der Waals surface area contributed by atoms with Gasteiger partial charge in [0.2, 0.25) is 0 Å². The number of benzene rings is 1. The van der Waals surface area contributed by atoms with Crippen molar-refractivity contribution in [1.82, 2.24) is 10.2 Å². The lowest BCUT2D eigenvalue weighted by Gasteiger charge is -2.23. The van der Waals surface area contributed by atoms with E-state index in [1.165, 1.54) is 24.9 Å². The third-order valence-corrected chi connectivity index (χ3v) is 4.52. The van der Waals surface area contributed by atoms with Crippen LogP contribution in [0.4, 0.5) is 0 Å². The zero-order valence-electron chi connectivity index (χ0n) is 16.6. The van der Waals surface area contributed by atoms with Gasteiger partial charge in [0.25, 0.3) is 0 Å². The minimum atomic E-state index is -0.130. The summed E-state index contributed by atoms with van der Waals surface area (Å²) < 4.78 is 5.83. The van der Waals surface area contributed by atoms with Crippen LogP contribution >= 0.6 is 24.0 Å². The average molecular weight is 474 g/mol. The van der Waals surface area contributed by atoms with Gasteiger partial charge in [0, 0.05) is 12.6 Å². The Morgan fingerprint density at radius 3 is 2.77 bits per heavy atom. The van der Waals surface area contributed by atoms with Gasteiger partial charge in [0.05, 0.1) is 18.8 Å². The number of nitrogens with two attached hydrogens (primary N) is 1. The summed E-state index contributed by atoms with van der Waals surface area (Å²) in [5.41, 5.74) is 8.22. The lowest BCUT2D eigenvalue weighted by Crippen LogP contribution is -2.42. The van der Waals surface area contributed by atoms with Gasteiger partial charge in [-0.1, -0.05) is 31.2 Å². The van der Waals surface area contributed by atoms with Crippen LogP contribution in [0, 0.1) is 0 Å². The molecule has 3 N–H and O–H groups in total. The minimum Gasteiger partial charge on any atom is -0.371 e. The number of aliphatic imine (C=N–C) groups is 1. The van der Waals surface area contributed by atoms with E-state index in [0.29, 0.717) is 25.2 Å². The van der Waals surface area contributed by atoms with Crippen LogP contribution in [-0.2, 0) is 17.9 Å². The zero-order valence-corrected chi connectivity index (χ0v) is 19.0. The number of ether oxygens (including phenoxy) is 1. The Kier molecular flexibility index (Phi) is 9.89. The molecule has 0 spiro atoms. The van der Waals surface area contributed by atoms with Crippen molar-refractivity contribution in [3.63, 3.8) is 0 Å². The fraction of sp³-hybridized carbons (Fsp3) is 0.650. The first-order chi connectivity index (χ1) is 11.9. The van der Waals surface area contributed by atoms with Gasteiger partial charge in [-0.15, -0.1) is 24.0 Å². The molecule has 1 aromatic carbocycles. The molecule has 1 aliphatic rings. The SMILES string of the molecule is CCN1CCCC1CNC(N)=NCc1cccc(COC(C)(C)C)c1.I. The third kappa shape index (κ3) is 8.22. The molecular formula is C20H35IN4O. The summed E-state index contributed by atoms with van der Waals surface area (Å²) in [5.74, 6) is 0.527. The third-order valence-electron chi connectivity index (χ3n) is 4.52. The Labute approximate surface area is 175 Å². The van der Waals surface area contributed by atoms with Crippen molar-refractivity contribution < 1.29 is 4.74 Å². The predicted molar refractivity (Wildman–Crippen MR) is 120 cm³/mol. The van der Waals surface area contributed by atoms with Crippen LogP contribution in [0.25, 0.3) is 0 Å². The molecule has 5 nitrogen and oxygen atoms in total. The first-order valence-electron chi connectivity index (χ1n) is 9.37. The van der Waals surface area contributed by atoms with Crippen molar-refractivity contribution >= 4 is 29.9 Å². The molecule has 1 atom stereocenters. The molecule has 0 bridgehead atoms. The van der Waals surface area contributed by atoms with E-state index in [4.69, 9.17) is 10.5 Å². The highest BCUT2D eigenvalue weighted by atomic mass is 127. The van der Waals surface area contributed by atoms with Gasteiger partial charge in [-0.05, 0) is 57.8 Å². The van der Waals surface area contributed by atoms with E-state index in [2.05, 4.69) is 61.1 Å². The maximum absolute atomic E-state index is 6.04. The van der Waals surface area contributed by atoms with Crippen LogP contribution in [0.2, 0.25) is 0 Å². The highest BCUT2D eigenvalue weighted by molar-refractivity contribution is 14.0. The van der Waals surface area contributed by atoms with Crippen molar-refractivity contribution in [3.05, 3.63) is 35.4 Å². The number of rotatable bonds is 7. The van der Waals surface area contributed by atoms with Gasteiger partial charge in [-0.2, -0.15) is 0 Å². The standard InChI is InChI=1S/C20H34N4O.HI/c1-5-24-11-7-10-18(24)14-23-19(21)22-13-16-8-6-9-17(12-16)15-25-20(2,3)4;/h6,8-9,12,18H,5,7,10-11,13-15H2,1-4H3,(H3,21,22,23);1H. The Bertz CT molecular complexity index is 571. The molecule has 0 amide bonds. The molecule has 1 fully saturated rings. The maximum atomic E-state index is 6.04. The van der Waals surface area contributed by atoms with E-state index >= 15 is 0 Å². The van der Waals surface area contributed by atoms with Gasteiger partial charge in [0.15, 0.2) is 5.96 Å².